The molecule has 0 aromatic heterocycles. The lowest BCUT2D eigenvalue weighted by molar-refractivity contribution is 0.373. The summed E-state index contributed by atoms with van der Waals surface area (Å²) in [6.07, 6.45) is 2.05. The van der Waals surface area contributed by atoms with Crippen LogP contribution in [0, 0.1) is 0 Å². The monoisotopic (exact) mass is 355 g/mol. The molecule has 0 spiro atoms. The van der Waals surface area contributed by atoms with E-state index in [0.717, 1.165) is 30.9 Å². The average Bonchev–Trinajstić information content (AvgIpc) is 2.65. The first kappa shape index (κ1) is 19.6. The standard InChI is InChI=1S/C21H29N3O2/c1-4-22-21(23-15-18-12-13-20(26-3)19(25)14-18)24-16(2)10-11-17-8-6-5-7-9-17/h5-9,12-14,16,25H,4,10-11,15H2,1-3H3,(H2,22,23,24). The number of rotatable bonds is 8. The van der Waals surface area contributed by atoms with Crippen LogP contribution in [0.4, 0.5) is 0 Å². The molecule has 0 fully saturated rings. The molecule has 0 saturated heterocycles. The molecule has 0 radical (unpaired) electrons. The third-order valence-corrected chi connectivity index (χ3v) is 4.10. The Balaban J connectivity index is 1.92. The Hall–Kier alpha value is -2.69. The highest BCUT2D eigenvalue weighted by Crippen LogP contribution is 2.26. The maximum absolute atomic E-state index is 9.88. The highest BCUT2D eigenvalue weighted by Gasteiger charge is 2.07. The second kappa shape index (κ2) is 10.3. The van der Waals surface area contributed by atoms with E-state index >= 15 is 0 Å². The zero-order chi connectivity index (χ0) is 18.8. The summed E-state index contributed by atoms with van der Waals surface area (Å²) in [5.74, 6) is 1.38. The van der Waals surface area contributed by atoms with Crippen molar-refractivity contribution in [1.29, 1.82) is 0 Å². The minimum Gasteiger partial charge on any atom is -0.504 e. The largest absolute Gasteiger partial charge is 0.504 e. The van der Waals surface area contributed by atoms with Crippen molar-refractivity contribution in [2.75, 3.05) is 13.7 Å². The van der Waals surface area contributed by atoms with Gasteiger partial charge in [-0.15, -0.1) is 0 Å². The number of aryl methyl sites for hydroxylation is 1. The maximum atomic E-state index is 9.88. The highest BCUT2D eigenvalue weighted by molar-refractivity contribution is 5.80. The van der Waals surface area contributed by atoms with Gasteiger partial charge >= 0.3 is 0 Å². The number of hydrogen-bond acceptors (Lipinski definition) is 3. The van der Waals surface area contributed by atoms with Crippen molar-refractivity contribution >= 4 is 5.96 Å². The molecule has 2 rings (SSSR count). The second-order valence-electron chi connectivity index (χ2n) is 6.27. The third-order valence-electron chi connectivity index (χ3n) is 4.10. The van der Waals surface area contributed by atoms with E-state index in [0.29, 0.717) is 18.3 Å². The topological polar surface area (TPSA) is 65.9 Å². The van der Waals surface area contributed by atoms with E-state index in [4.69, 9.17) is 4.74 Å². The van der Waals surface area contributed by atoms with Crippen LogP contribution < -0.4 is 15.4 Å². The molecule has 5 heteroatoms. The van der Waals surface area contributed by atoms with Gasteiger partial charge in [0.2, 0.25) is 0 Å². The Bertz CT molecular complexity index is 702. The molecule has 1 atom stereocenters. The van der Waals surface area contributed by atoms with Crippen LogP contribution in [0.25, 0.3) is 0 Å². The van der Waals surface area contributed by atoms with Gasteiger partial charge in [0.25, 0.3) is 0 Å². The number of benzene rings is 2. The number of methoxy groups -OCH3 is 1. The Morgan fingerprint density at radius 3 is 2.58 bits per heavy atom. The number of ether oxygens (including phenoxy) is 1. The molecule has 0 aliphatic carbocycles. The lowest BCUT2D eigenvalue weighted by atomic mass is 10.1. The first-order valence-corrected chi connectivity index (χ1v) is 9.07. The summed E-state index contributed by atoms with van der Waals surface area (Å²) in [7, 11) is 1.54. The molecular formula is C21H29N3O2. The van der Waals surface area contributed by atoms with Crippen LogP contribution in [0.5, 0.6) is 11.5 Å². The lowest BCUT2D eigenvalue weighted by Crippen LogP contribution is -2.42. The van der Waals surface area contributed by atoms with Crippen LogP contribution >= 0.6 is 0 Å². The molecule has 5 nitrogen and oxygen atoms in total. The normalized spacial score (nSPS) is 12.5. The van der Waals surface area contributed by atoms with Crippen molar-refractivity contribution in [1.82, 2.24) is 10.6 Å². The highest BCUT2D eigenvalue weighted by atomic mass is 16.5. The average molecular weight is 355 g/mol. The second-order valence-corrected chi connectivity index (χ2v) is 6.27. The van der Waals surface area contributed by atoms with E-state index in [1.165, 1.54) is 12.7 Å². The predicted octanol–water partition coefficient (Wildman–Crippen LogP) is 3.48. The minimum atomic E-state index is 0.134. The molecule has 0 heterocycles. The molecule has 0 aliphatic rings. The van der Waals surface area contributed by atoms with Gasteiger partial charge in [0, 0.05) is 12.6 Å². The van der Waals surface area contributed by atoms with Gasteiger partial charge in [-0.3, -0.25) is 0 Å². The molecule has 0 amide bonds. The van der Waals surface area contributed by atoms with Crippen molar-refractivity contribution in [3.8, 4) is 11.5 Å². The van der Waals surface area contributed by atoms with E-state index in [-0.39, 0.29) is 5.75 Å². The molecule has 2 aromatic rings. The summed E-state index contributed by atoms with van der Waals surface area (Å²) in [5.41, 5.74) is 2.27. The number of aromatic hydroxyl groups is 1. The number of nitrogens with zero attached hydrogens (tertiary/aromatic N) is 1. The lowest BCUT2D eigenvalue weighted by Gasteiger charge is -2.18. The summed E-state index contributed by atoms with van der Waals surface area (Å²) in [6.45, 7) is 5.49. The van der Waals surface area contributed by atoms with Crippen LogP contribution in [-0.4, -0.2) is 30.8 Å². The summed E-state index contributed by atoms with van der Waals surface area (Å²) in [4.78, 5) is 4.62. The van der Waals surface area contributed by atoms with Gasteiger partial charge in [0.05, 0.1) is 13.7 Å². The fraction of sp³-hybridized carbons (Fsp3) is 0.381. The van der Waals surface area contributed by atoms with E-state index < -0.39 is 0 Å². The first-order chi connectivity index (χ1) is 12.6. The molecule has 3 N–H and O–H groups in total. The Kier molecular flexibility index (Phi) is 7.80. The van der Waals surface area contributed by atoms with Crippen LogP contribution in [0.3, 0.4) is 0 Å². The van der Waals surface area contributed by atoms with Gasteiger partial charge in [-0.2, -0.15) is 0 Å². The molecule has 26 heavy (non-hydrogen) atoms. The quantitative estimate of drug-likeness (QED) is 0.501. The predicted molar refractivity (Wildman–Crippen MR) is 107 cm³/mol. The number of phenolic OH excluding ortho intramolecular Hbond substituents is 1. The van der Waals surface area contributed by atoms with Crippen LogP contribution in [0.15, 0.2) is 53.5 Å². The molecule has 0 bridgehead atoms. The van der Waals surface area contributed by atoms with Gasteiger partial charge in [-0.1, -0.05) is 36.4 Å². The number of nitrogens with one attached hydrogen (secondary N) is 2. The van der Waals surface area contributed by atoms with Crippen molar-refractivity contribution < 1.29 is 9.84 Å². The summed E-state index contributed by atoms with van der Waals surface area (Å²) in [5, 5.41) is 16.6. The Morgan fingerprint density at radius 1 is 1.15 bits per heavy atom. The van der Waals surface area contributed by atoms with E-state index in [1.807, 2.05) is 19.1 Å². The first-order valence-electron chi connectivity index (χ1n) is 9.07. The summed E-state index contributed by atoms with van der Waals surface area (Å²) < 4.78 is 5.07. The number of phenols is 1. The third kappa shape index (κ3) is 6.31. The van der Waals surface area contributed by atoms with E-state index in [9.17, 15) is 5.11 Å². The minimum absolute atomic E-state index is 0.134. The van der Waals surface area contributed by atoms with Crippen molar-refractivity contribution in [3.05, 3.63) is 59.7 Å². The zero-order valence-corrected chi connectivity index (χ0v) is 15.8. The fourth-order valence-corrected chi connectivity index (χ4v) is 2.66. The smallest absolute Gasteiger partial charge is 0.191 e. The number of aliphatic imine (C=N–C) groups is 1. The van der Waals surface area contributed by atoms with Gasteiger partial charge < -0.3 is 20.5 Å². The molecular weight excluding hydrogens is 326 g/mol. The maximum Gasteiger partial charge on any atom is 0.191 e. The Labute approximate surface area is 156 Å². The number of hydrogen-bond donors (Lipinski definition) is 3. The molecule has 0 saturated carbocycles. The van der Waals surface area contributed by atoms with Gasteiger partial charge in [0.1, 0.15) is 0 Å². The van der Waals surface area contributed by atoms with E-state index in [2.05, 4.69) is 46.8 Å². The number of guanidine groups is 1. The summed E-state index contributed by atoms with van der Waals surface area (Å²) >= 11 is 0. The molecule has 0 aliphatic heterocycles. The fourth-order valence-electron chi connectivity index (χ4n) is 2.66. The van der Waals surface area contributed by atoms with Gasteiger partial charge in [-0.05, 0) is 49.9 Å². The van der Waals surface area contributed by atoms with Crippen molar-refractivity contribution in [2.24, 2.45) is 4.99 Å². The van der Waals surface area contributed by atoms with Gasteiger partial charge in [-0.25, -0.2) is 4.99 Å². The molecule has 140 valence electrons. The van der Waals surface area contributed by atoms with Gasteiger partial charge in [0.15, 0.2) is 17.5 Å². The Morgan fingerprint density at radius 2 is 1.92 bits per heavy atom. The van der Waals surface area contributed by atoms with Crippen LogP contribution in [-0.2, 0) is 13.0 Å². The van der Waals surface area contributed by atoms with Crippen molar-refractivity contribution in [2.45, 2.75) is 39.3 Å². The molecule has 1 unspecified atom stereocenters. The van der Waals surface area contributed by atoms with Crippen molar-refractivity contribution in [3.63, 3.8) is 0 Å². The SMILES string of the molecule is CCNC(=NCc1ccc(OC)c(O)c1)NC(C)CCc1ccccc1. The van der Waals surface area contributed by atoms with Crippen LogP contribution in [0.1, 0.15) is 31.4 Å². The summed E-state index contributed by atoms with van der Waals surface area (Å²) in [6, 6.07) is 16.1. The molecule has 2 aromatic carbocycles. The van der Waals surface area contributed by atoms with E-state index in [1.54, 1.807) is 12.1 Å². The zero-order valence-electron chi connectivity index (χ0n) is 15.8. The van der Waals surface area contributed by atoms with Crippen LogP contribution in [0.2, 0.25) is 0 Å².